The topological polar surface area (TPSA) is 102 Å². The first-order valence-corrected chi connectivity index (χ1v) is 7.39. The van der Waals surface area contributed by atoms with Gasteiger partial charge < -0.3 is 13.9 Å². The smallest absolute Gasteiger partial charge is 0.349 e. The Labute approximate surface area is 140 Å². The molecule has 0 radical (unpaired) electrons. The third-order valence-corrected chi connectivity index (χ3v) is 3.50. The Morgan fingerprint density at radius 2 is 1.80 bits per heavy atom. The van der Waals surface area contributed by atoms with Crippen molar-refractivity contribution in [3.63, 3.8) is 0 Å². The molecule has 0 spiro atoms. The molecule has 0 saturated heterocycles. The van der Waals surface area contributed by atoms with Gasteiger partial charge in [0.05, 0.1) is 0 Å². The first-order chi connectivity index (χ1) is 12.2. The summed E-state index contributed by atoms with van der Waals surface area (Å²) in [7, 11) is 0. The molecule has 2 aromatic carbocycles. The van der Waals surface area contributed by atoms with Gasteiger partial charge in [0.25, 0.3) is 5.89 Å². The summed E-state index contributed by atoms with van der Waals surface area (Å²) in [5, 5.41) is 17.7. The van der Waals surface area contributed by atoms with Crippen LogP contribution in [0.4, 0.5) is 6.01 Å². The van der Waals surface area contributed by atoms with Crippen LogP contribution in [0.15, 0.2) is 73.2 Å². The van der Waals surface area contributed by atoms with Crippen molar-refractivity contribution in [3.8, 4) is 17.2 Å². The van der Waals surface area contributed by atoms with Crippen molar-refractivity contribution < 1.29 is 13.9 Å². The molecule has 7 nitrogen and oxygen atoms in total. The van der Waals surface area contributed by atoms with Gasteiger partial charge >= 0.3 is 11.6 Å². The van der Waals surface area contributed by atoms with Crippen LogP contribution in [0.5, 0.6) is 5.75 Å². The third-order valence-electron chi connectivity index (χ3n) is 3.50. The summed E-state index contributed by atoms with van der Waals surface area (Å²) < 4.78 is 10.7. The minimum atomic E-state index is -0.559. The van der Waals surface area contributed by atoms with E-state index in [1.807, 2.05) is 12.1 Å². The number of para-hydroxylation sites is 1. The lowest BCUT2D eigenvalue weighted by Gasteiger charge is -1.97. The monoisotopic (exact) mass is 333 g/mol. The fourth-order valence-corrected chi connectivity index (χ4v) is 2.28. The molecule has 0 aliphatic rings. The maximum Gasteiger partial charge on any atom is 0.349 e. The highest BCUT2D eigenvalue weighted by molar-refractivity contribution is 5.81. The number of benzene rings is 2. The predicted octanol–water partition coefficient (Wildman–Crippen LogP) is 3.30. The third kappa shape index (κ3) is 3.02. The standard InChI is InChI=1S/C18H11N3O4/c22-13-7-5-11(6-8-13)10-19-18-21-20-16(25-18)14-9-12-3-1-2-4-15(12)24-17(14)23/h1-10,22H/b19-10+. The lowest BCUT2D eigenvalue weighted by Crippen LogP contribution is -2.02. The van der Waals surface area contributed by atoms with Gasteiger partial charge in [-0.05, 0) is 42.0 Å². The number of hydrogen-bond acceptors (Lipinski definition) is 7. The molecular weight excluding hydrogens is 322 g/mol. The average molecular weight is 333 g/mol. The summed E-state index contributed by atoms with van der Waals surface area (Å²) in [4.78, 5) is 16.2. The van der Waals surface area contributed by atoms with E-state index in [4.69, 9.17) is 8.83 Å². The highest BCUT2D eigenvalue weighted by atomic mass is 16.4. The van der Waals surface area contributed by atoms with Gasteiger partial charge in [0, 0.05) is 11.6 Å². The van der Waals surface area contributed by atoms with Crippen LogP contribution in [-0.2, 0) is 0 Å². The van der Waals surface area contributed by atoms with Gasteiger partial charge in [-0.2, -0.15) is 0 Å². The van der Waals surface area contributed by atoms with Gasteiger partial charge in [-0.1, -0.05) is 23.3 Å². The maximum absolute atomic E-state index is 12.1. The molecule has 2 heterocycles. The Kier molecular flexibility index (Phi) is 3.59. The summed E-state index contributed by atoms with van der Waals surface area (Å²) in [5.74, 6) is 0.206. The molecule has 0 aliphatic heterocycles. The van der Waals surface area contributed by atoms with Gasteiger partial charge in [0.15, 0.2) is 0 Å². The van der Waals surface area contributed by atoms with Gasteiger partial charge in [-0.25, -0.2) is 9.79 Å². The first-order valence-electron chi connectivity index (χ1n) is 7.39. The van der Waals surface area contributed by atoms with Crippen molar-refractivity contribution in [1.29, 1.82) is 0 Å². The number of nitrogens with zero attached hydrogens (tertiary/aromatic N) is 3. The zero-order valence-electron chi connectivity index (χ0n) is 12.8. The highest BCUT2D eigenvalue weighted by Crippen LogP contribution is 2.22. The minimum absolute atomic E-state index is 0.00985. The quantitative estimate of drug-likeness (QED) is 0.456. The molecular formula is C18H11N3O4. The predicted molar refractivity (Wildman–Crippen MR) is 91.1 cm³/mol. The average Bonchev–Trinajstić information content (AvgIpc) is 3.09. The van der Waals surface area contributed by atoms with E-state index < -0.39 is 5.63 Å². The summed E-state index contributed by atoms with van der Waals surface area (Å²) in [6.07, 6.45) is 1.51. The molecule has 0 fully saturated rings. The van der Waals surface area contributed by atoms with Crippen LogP contribution in [0.3, 0.4) is 0 Å². The van der Waals surface area contributed by atoms with Crippen molar-refractivity contribution in [1.82, 2.24) is 10.2 Å². The second-order valence-electron chi connectivity index (χ2n) is 5.22. The van der Waals surface area contributed by atoms with E-state index in [0.717, 1.165) is 10.9 Å². The van der Waals surface area contributed by atoms with E-state index in [9.17, 15) is 9.90 Å². The fourth-order valence-electron chi connectivity index (χ4n) is 2.28. The normalized spacial score (nSPS) is 11.4. The molecule has 4 rings (SSSR count). The number of phenols is 1. The molecule has 4 aromatic rings. The van der Waals surface area contributed by atoms with E-state index in [-0.39, 0.29) is 23.2 Å². The lowest BCUT2D eigenvalue weighted by molar-refractivity contribution is 0.475. The van der Waals surface area contributed by atoms with E-state index in [0.29, 0.717) is 5.58 Å². The summed E-state index contributed by atoms with van der Waals surface area (Å²) in [5.41, 5.74) is 0.859. The number of phenolic OH excluding ortho intramolecular Hbond substituents is 1. The highest BCUT2D eigenvalue weighted by Gasteiger charge is 2.14. The van der Waals surface area contributed by atoms with E-state index >= 15 is 0 Å². The fraction of sp³-hybridized carbons (Fsp3) is 0. The summed E-state index contributed by atoms with van der Waals surface area (Å²) >= 11 is 0. The first kappa shape index (κ1) is 14.8. The zero-order chi connectivity index (χ0) is 17.2. The van der Waals surface area contributed by atoms with Gasteiger partial charge in [0.1, 0.15) is 16.9 Å². The van der Waals surface area contributed by atoms with E-state index in [1.54, 1.807) is 42.5 Å². The molecule has 0 aliphatic carbocycles. The van der Waals surface area contributed by atoms with Crippen LogP contribution in [0, 0.1) is 0 Å². The molecule has 0 unspecified atom stereocenters. The number of aromatic hydroxyl groups is 1. The number of aromatic nitrogens is 2. The SMILES string of the molecule is O=c1oc2ccccc2cc1-c1nnc(/N=C/c2ccc(O)cc2)o1. The Morgan fingerprint density at radius 1 is 1.00 bits per heavy atom. The van der Waals surface area contributed by atoms with Gasteiger partial charge in [0.2, 0.25) is 0 Å². The number of rotatable bonds is 3. The van der Waals surface area contributed by atoms with Crippen LogP contribution in [0.2, 0.25) is 0 Å². The molecule has 25 heavy (non-hydrogen) atoms. The molecule has 0 bridgehead atoms. The van der Waals surface area contributed by atoms with Crippen LogP contribution < -0.4 is 5.63 Å². The van der Waals surface area contributed by atoms with Crippen LogP contribution in [-0.4, -0.2) is 21.5 Å². The minimum Gasteiger partial charge on any atom is -0.508 e. The molecule has 2 aromatic heterocycles. The molecule has 122 valence electrons. The summed E-state index contributed by atoms with van der Waals surface area (Å²) in [6, 6.07) is 15.3. The van der Waals surface area contributed by atoms with Crippen LogP contribution in [0.25, 0.3) is 22.4 Å². The molecule has 0 atom stereocenters. The van der Waals surface area contributed by atoms with Crippen LogP contribution >= 0.6 is 0 Å². The number of fused-ring (bicyclic) bond motifs is 1. The summed E-state index contributed by atoms with van der Waals surface area (Å²) in [6.45, 7) is 0. The van der Waals surface area contributed by atoms with Crippen molar-refractivity contribution in [2.24, 2.45) is 4.99 Å². The molecule has 0 saturated carbocycles. The Hall–Kier alpha value is -3.74. The maximum atomic E-state index is 12.1. The zero-order valence-corrected chi connectivity index (χ0v) is 12.8. The number of aliphatic imine (C=N–C) groups is 1. The van der Waals surface area contributed by atoms with Crippen molar-refractivity contribution >= 4 is 23.2 Å². The van der Waals surface area contributed by atoms with Crippen LogP contribution in [0.1, 0.15) is 5.56 Å². The van der Waals surface area contributed by atoms with Crippen molar-refractivity contribution in [2.75, 3.05) is 0 Å². The Morgan fingerprint density at radius 3 is 2.64 bits per heavy atom. The Bertz CT molecular complexity index is 1130. The van der Waals surface area contributed by atoms with Gasteiger partial charge in [-0.15, -0.1) is 5.10 Å². The lowest BCUT2D eigenvalue weighted by atomic mass is 10.2. The largest absolute Gasteiger partial charge is 0.508 e. The van der Waals surface area contributed by atoms with Gasteiger partial charge in [-0.3, -0.25) is 0 Å². The second-order valence-corrected chi connectivity index (χ2v) is 5.22. The van der Waals surface area contributed by atoms with E-state index in [1.165, 1.54) is 6.21 Å². The van der Waals surface area contributed by atoms with Crippen molar-refractivity contribution in [3.05, 3.63) is 70.6 Å². The Balaban J connectivity index is 1.66. The van der Waals surface area contributed by atoms with Crippen molar-refractivity contribution in [2.45, 2.75) is 0 Å². The second kappa shape index (κ2) is 6.04. The molecule has 7 heteroatoms. The van der Waals surface area contributed by atoms with E-state index in [2.05, 4.69) is 15.2 Å². The molecule has 1 N–H and O–H groups in total. The molecule has 0 amide bonds. The number of hydrogen-bond donors (Lipinski definition) is 1.